The molecule has 0 amide bonds. The summed E-state index contributed by atoms with van der Waals surface area (Å²) in [4.78, 5) is 3.04. The van der Waals surface area contributed by atoms with Crippen molar-refractivity contribution in [1.29, 1.82) is 0 Å². The topological polar surface area (TPSA) is 48.8 Å². The van der Waals surface area contributed by atoms with Crippen molar-refractivity contribution in [3.8, 4) is 0 Å². The Hall–Kier alpha value is -0.690. The summed E-state index contributed by atoms with van der Waals surface area (Å²) in [5.41, 5.74) is 9.08. The van der Waals surface area contributed by atoms with Gasteiger partial charge in [-0.15, -0.1) is 0 Å². The Morgan fingerprint density at radius 1 is 0.889 bits per heavy atom. The molecule has 0 aromatic heterocycles. The molecule has 8 bridgehead atoms. The smallest absolute Gasteiger partial charge is 0.0314 e. The number of azide groups is 1. The molecule has 0 unspecified atom stereocenters. The average molecular weight is 243 g/mol. The first kappa shape index (κ1) is 10.1. The Balaban J connectivity index is 1.56. The molecule has 0 heterocycles. The van der Waals surface area contributed by atoms with Crippen LogP contribution in [0.15, 0.2) is 5.11 Å². The zero-order chi connectivity index (χ0) is 11.9. The summed E-state index contributed by atoms with van der Waals surface area (Å²) in [6, 6.07) is 0. The number of hydrogen-bond acceptors (Lipinski definition) is 1. The SMILES string of the molecule is [N-]=[N+]=NCC12CC3C4CC5CC3C(C1)C(C5)C4C2. The summed E-state index contributed by atoms with van der Waals surface area (Å²) in [7, 11) is 0. The second-order valence-corrected chi connectivity index (χ2v) is 8.06. The molecule has 3 nitrogen and oxygen atoms in total. The fraction of sp³-hybridized carbons (Fsp3) is 1.00. The molecule has 0 aromatic rings. The lowest BCUT2D eigenvalue weighted by Crippen LogP contribution is -2.65. The highest BCUT2D eigenvalue weighted by molar-refractivity contribution is 5.16. The summed E-state index contributed by atoms with van der Waals surface area (Å²) < 4.78 is 0. The summed E-state index contributed by atoms with van der Waals surface area (Å²) >= 11 is 0. The maximum atomic E-state index is 8.65. The van der Waals surface area contributed by atoms with E-state index in [2.05, 4.69) is 10.0 Å². The van der Waals surface area contributed by atoms with E-state index in [1.807, 2.05) is 0 Å². The predicted octanol–water partition coefficient (Wildman–Crippen LogP) is 4.01. The van der Waals surface area contributed by atoms with Crippen LogP contribution < -0.4 is 0 Å². The fourth-order valence-electron chi connectivity index (χ4n) is 7.43. The van der Waals surface area contributed by atoms with Gasteiger partial charge in [0.05, 0.1) is 0 Å². The number of nitrogens with zero attached hydrogens (tertiary/aromatic N) is 3. The molecule has 0 radical (unpaired) electrons. The molecule has 0 N–H and O–H groups in total. The molecule has 0 aromatic carbocycles. The second kappa shape index (κ2) is 3.07. The lowest BCUT2D eigenvalue weighted by molar-refractivity contribution is -0.230. The van der Waals surface area contributed by atoms with Crippen molar-refractivity contribution in [1.82, 2.24) is 0 Å². The van der Waals surface area contributed by atoms with Gasteiger partial charge in [0, 0.05) is 11.5 Å². The Labute approximate surface area is 108 Å². The van der Waals surface area contributed by atoms with Crippen LogP contribution >= 0.6 is 0 Å². The summed E-state index contributed by atoms with van der Waals surface area (Å²) in [6.07, 6.45) is 8.83. The van der Waals surface area contributed by atoms with Crippen LogP contribution in [0.2, 0.25) is 0 Å². The van der Waals surface area contributed by atoms with E-state index in [4.69, 9.17) is 5.53 Å². The Bertz CT molecular complexity index is 390. The van der Waals surface area contributed by atoms with Gasteiger partial charge in [0.2, 0.25) is 0 Å². The first-order valence-electron chi connectivity index (χ1n) is 7.80. The van der Waals surface area contributed by atoms with E-state index in [9.17, 15) is 0 Å². The molecule has 3 heteroatoms. The van der Waals surface area contributed by atoms with E-state index in [0.29, 0.717) is 5.41 Å². The third-order valence-corrected chi connectivity index (χ3v) is 7.59. The van der Waals surface area contributed by atoms with E-state index >= 15 is 0 Å². The summed E-state index contributed by atoms with van der Waals surface area (Å²) in [5, 5.41) is 3.97. The minimum Gasteiger partial charge on any atom is -0.0934 e. The highest BCUT2D eigenvalue weighted by atomic mass is 15.1. The molecule has 7 aliphatic carbocycles. The molecule has 0 aliphatic heterocycles. The molecular weight excluding hydrogens is 222 g/mol. The molecule has 7 rings (SSSR count). The summed E-state index contributed by atoms with van der Waals surface area (Å²) in [5.74, 6) is 7.36. The highest BCUT2D eigenvalue weighted by Gasteiger charge is 2.66. The maximum Gasteiger partial charge on any atom is 0.0314 e. The Morgan fingerprint density at radius 2 is 1.39 bits per heavy atom. The van der Waals surface area contributed by atoms with Gasteiger partial charge in [-0.05, 0) is 90.9 Å². The van der Waals surface area contributed by atoms with E-state index in [1.165, 1.54) is 19.3 Å². The molecule has 7 fully saturated rings. The van der Waals surface area contributed by atoms with E-state index < -0.39 is 0 Å². The normalized spacial score (nSPS) is 62.1. The van der Waals surface area contributed by atoms with Gasteiger partial charge < -0.3 is 0 Å². The molecule has 0 saturated heterocycles. The molecule has 0 spiro atoms. The monoisotopic (exact) mass is 243 g/mol. The van der Waals surface area contributed by atoms with Gasteiger partial charge >= 0.3 is 0 Å². The third kappa shape index (κ3) is 1.02. The molecule has 96 valence electrons. The first-order chi connectivity index (χ1) is 8.80. The third-order valence-electron chi connectivity index (χ3n) is 7.59. The van der Waals surface area contributed by atoms with Crippen LogP contribution in [0.4, 0.5) is 0 Å². The first-order valence-corrected chi connectivity index (χ1v) is 7.80. The molecule has 0 atom stereocenters. The van der Waals surface area contributed by atoms with Gasteiger partial charge in [0.25, 0.3) is 0 Å². The average Bonchev–Trinajstić information content (AvgIpc) is 2.41. The van der Waals surface area contributed by atoms with Crippen LogP contribution in [0, 0.1) is 46.8 Å². The molecule has 18 heavy (non-hydrogen) atoms. The lowest BCUT2D eigenvalue weighted by Gasteiger charge is -2.72. The summed E-state index contributed by atoms with van der Waals surface area (Å²) in [6.45, 7) is 0.794. The van der Waals surface area contributed by atoms with Crippen LogP contribution in [0.25, 0.3) is 10.4 Å². The van der Waals surface area contributed by atoms with Gasteiger partial charge in [-0.25, -0.2) is 0 Å². The molecule has 7 saturated carbocycles. The zero-order valence-corrected chi connectivity index (χ0v) is 10.8. The minimum atomic E-state index is 0.430. The van der Waals surface area contributed by atoms with Gasteiger partial charge in [-0.3, -0.25) is 0 Å². The van der Waals surface area contributed by atoms with Crippen LogP contribution in [0.3, 0.4) is 0 Å². The van der Waals surface area contributed by atoms with Crippen molar-refractivity contribution in [3.05, 3.63) is 10.4 Å². The molecule has 7 aliphatic rings. The van der Waals surface area contributed by atoms with E-state index in [0.717, 1.165) is 48.0 Å². The van der Waals surface area contributed by atoms with Crippen molar-refractivity contribution in [2.45, 2.75) is 38.5 Å². The standard InChI is InChI=1S/C15H21N3/c16-18-17-7-15-4-12-9-1-8-2-10(12)14(6-15)11(3-8)13(9)5-15/h8-14H,1-7H2. The lowest BCUT2D eigenvalue weighted by atomic mass is 9.33. The van der Waals surface area contributed by atoms with Crippen LogP contribution in [0.5, 0.6) is 0 Å². The molecular formula is C15H21N3. The van der Waals surface area contributed by atoms with Gasteiger partial charge in [-0.1, -0.05) is 5.11 Å². The van der Waals surface area contributed by atoms with Crippen LogP contribution in [0.1, 0.15) is 38.5 Å². The van der Waals surface area contributed by atoms with Crippen molar-refractivity contribution >= 4 is 0 Å². The zero-order valence-electron chi connectivity index (χ0n) is 10.8. The predicted molar refractivity (Wildman–Crippen MR) is 68.6 cm³/mol. The quantitative estimate of drug-likeness (QED) is 0.400. The van der Waals surface area contributed by atoms with Crippen molar-refractivity contribution in [3.63, 3.8) is 0 Å². The Morgan fingerprint density at radius 3 is 1.83 bits per heavy atom. The largest absolute Gasteiger partial charge is 0.0934 e. The number of hydrogen-bond donors (Lipinski definition) is 0. The minimum absolute atomic E-state index is 0.430. The van der Waals surface area contributed by atoms with Crippen LogP contribution in [-0.2, 0) is 0 Å². The number of rotatable bonds is 2. The second-order valence-electron chi connectivity index (χ2n) is 8.06. The maximum absolute atomic E-state index is 8.65. The highest BCUT2D eigenvalue weighted by Crippen LogP contribution is 2.74. The van der Waals surface area contributed by atoms with Gasteiger partial charge in [0.15, 0.2) is 0 Å². The van der Waals surface area contributed by atoms with E-state index in [1.54, 1.807) is 19.3 Å². The van der Waals surface area contributed by atoms with E-state index in [-0.39, 0.29) is 0 Å². The van der Waals surface area contributed by atoms with Crippen LogP contribution in [-0.4, -0.2) is 6.54 Å². The van der Waals surface area contributed by atoms with Crippen molar-refractivity contribution in [2.24, 2.45) is 52.0 Å². The van der Waals surface area contributed by atoms with Crippen molar-refractivity contribution in [2.75, 3.05) is 6.54 Å². The van der Waals surface area contributed by atoms with Gasteiger partial charge in [0.1, 0.15) is 0 Å². The Kier molecular flexibility index (Phi) is 1.73. The van der Waals surface area contributed by atoms with Crippen molar-refractivity contribution < 1.29 is 0 Å². The fourth-order valence-corrected chi connectivity index (χ4v) is 7.43. The van der Waals surface area contributed by atoms with Gasteiger partial charge in [-0.2, -0.15) is 0 Å².